The fourth-order valence-corrected chi connectivity index (χ4v) is 4.20. The number of hydrogen-bond donors (Lipinski definition) is 1. The minimum atomic E-state index is -0.331. The first-order valence-electron chi connectivity index (χ1n) is 12.1. The van der Waals surface area contributed by atoms with Gasteiger partial charge in [-0.2, -0.15) is 4.98 Å². The number of likely N-dealkylation sites (N-methyl/N-ethyl adjacent to an activating group) is 1. The van der Waals surface area contributed by atoms with Crippen LogP contribution in [0, 0.1) is 5.82 Å². The molecule has 0 amide bonds. The predicted octanol–water partition coefficient (Wildman–Crippen LogP) is 4.30. The molecular weight excluding hydrogens is 459 g/mol. The zero-order chi connectivity index (χ0) is 24.9. The average Bonchev–Trinajstić information content (AvgIpc) is 2.90. The van der Waals surface area contributed by atoms with Gasteiger partial charge < -0.3 is 29.5 Å². The lowest BCUT2D eigenvalue weighted by Crippen LogP contribution is -2.36. The molecule has 0 radical (unpaired) electrons. The van der Waals surface area contributed by atoms with E-state index >= 15 is 0 Å². The van der Waals surface area contributed by atoms with Gasteiger partial charge in [0.15, 0.2) is 0 Å². The van der Waals surface area contributed by atoms with Gasteiger partial charge in [-0.3, -0.25) is 0 Å². The van der Waals surface area contributed by atoms with Crippen molar-refractivity contribution in [1.82, 2.24) is 14.9 Å². The molecule has 0 unspecified atom stereocenters. The van der Waals surface area contributed by atoms with Crippen molar-refractivity contribution in [1.29, 1.82) is 0 Å². The van der Waals surface area contributed by atoms with E-state index in [9.17, 15) is 4.39 Å². The summed E-state index contributed by atoms with van der Waals surface area (Å²) < 4.78 is 26.2. The summed E-state index contributed by atoms with van der Waals surface area (Å²) in [5.41, 5.74) is 3.29. The van der Waals surface area contributed by atoms with E-state index in [1.807, 2.05) is 48.2 Å². The smallest absolute Gasteiger partial charge is 0.229 e. The lowest BCUT2D eigenvalue weighted by Gasteiger charge is -2.29. The van der Waals surface area contributed by atoms with E-state index in [0.29, 0.717) is 36.4 Å². The van der Waals surface area contributed by atoms with E-state index in [2.05, 4.69) is 27.3 Å². The van der Waals surface area contributed by atoms with Gasteiger partial charge >= 0.3 is 0 Å². The van der Waals surface area contributed by atoms with Crippen LogP contribution < -0.4 is 19.9 Å². The molecule has 1 fully saturated rings. The van der Waals surface area contributed by atoms with Crippen LogP contribution in [0.1, 0.15) is 5.56 Å². The molecular formula is C27H31FN6O2. The fourth-order valence-electron chi connectivity index (χ4n) is 4.20. The van der Waals surface area contributed by atoms with E-state index in [-0.39, 0.29) is 5.82 Å². The van der Waals surface area contributed by atoms with Gasteiger partial charge in [0.2, 0.25) is 5.95 Å². The highest BCUT2D eigenvalue weighted by atomic mass is 19.1. The number of nitrogens with zero attached hydrogens (tertiary/aromatic N) is 5. The summed E-state index contributed by atoms with van der Waals surface area (Å²) in [6, 6.07) is 13.0. The second-order valence-corrected chi connectivity index (χ2v) is 9.02. The van der Waals surface area contributed by atoms with Crippen LogP contribution in [-0.2, 0) is 4.74 Å². The zero-order valence-electron chi connectivity index (χ0n) is 20.7. The Morgan fingerprint density at radius 1 is 1.11 bits per heavy atom. The number of fused-ring (bicyclic) bond motifs is 1. The molecule has 0 atom stereocenters. The molecule has 0 aliphatic carbocycles. The molecule has 3 aromatic rings. The molecule has 188 valence electrons. The van der Waals surface area contributed by atoms with Crippen molar-refractivity contribution in [2.45, 2.75) is 0 Å². The number of hydrogen-bond acceptors (Lipinski definition) is 8. The minimum absolute atomic E-state index is 0.331. The van der Waals surface area contributed by atoms with E-state index in [0.717, 1.165) is 49.8 Å². The molecule has 9 heteroatoms. The van der Waals surface area contributed by atoms with E-state index in [1.165, 1.54) is 6.07 Å². The minimum Gasteiger partial charge on any atom is -0.492 e. The Labute approximate surface area is 211 Å². The van der Waals surface area contributed by atoms with Crippen LogP contribution in [0.3, 0.4) is 0 Å². The molecule has 8 nitrogen and oxygen atoms in total. The Balaban J connectivity index is 1.34. The van der Waals surface area contributed by atoms with Crippen molar-refractivity contribution in [3.05, 3.63) is 66.1 Å². The topological polar surface area (TPSA) is 66.0 Å². The number of morpholine rings is 1. The number of nitrogens with one attached hydrogen (secondary N) is 1. The lowest BCUT2D eigenvalue weighted by molar-refractivity contribution is 0.122. The van der Waals surface area contributed by atoms with Gasteiger partial charge in [-0.1, -0.05) is 12.2 Å². The van der Waals surface area contributed by atoms with Gasteiger partial charge in [0.05, 0.1) is 18.9 Å². The third-order valence-electron chi connectivity index (χ3n) is 6.15. The molecule has 1 N–H and O–H groups in total. The van der Waals surface area contributed by atoms with Crippen LogP contribution in [0.2, 0.25) is 0 Å². The maximum Gasteiger partial charge on any atom is 0.229 e. The molecule has 0 saturated carbocycles. The first kappa shape index (κ1) is 24.0. The first-order chi connectivity index (χ1) is 17.6. The largest absolute Gasteiger partial charge is 0.492 e. The molecule has 2 aliphatic heterocycles. The summed E-state index contributed by atoms with van der Waals surface area (Å²) in [6.45, 7) is 5.08. The van der Waals surface area contributed by atoms with E-state index in [4.69, 9.17) is 14.5 Å². The number of ether oxygens (including phenoxy) is 2. The van der Waals surface area contributed by atoms with Gasteiger partial charge in [-0.05, 0) is 50.5 Å². The number of rotatable bonds is 8. The van der Waals surface area contributed by atoms with Crippen molar-refractivity contribution in [3.63, 3.8) is 0 Å². The molecule has 0 spiro atoms. The van der Waals surface area contributed by atoms with Crippen molar-refractivity contribution in [2.75, 3.05) is 75.2 Å². The maximum atomic E-state index is 14.9. The molecule has 0 bridgehead atoms. The Morgan fingerprint density at radius 3 is 2.69 bits per heavy atom. The molecule has 1 aromatic heterocycles. The Bertz CT molecular complexity index is 1210. The van der Waals surface area contributed by atoms with Crippen molar-refractivity contribution < 1.29 is 13.9 Å². The van der Waals surface area contributed by atoms with E-state index < -0.39 is 0 Å². The van der Waals surface area contributed by atoms with Crippen LogP contribution in [0.15, 0.2) is 54.7 Å². The van der Waals surface area contributed by atoms with Gasteiger partial charge in [0, 0.05) is 55.4 Å². The summed E-state index contributed by atoms with van der Waals surface area (Å²) in [5.74, 6) is 1.39. The Morgan fingerprint density at radius 2 is 1.92 bits per heavy atom. The van der Waals surface area contributed by atoms with Gasteiger partial charge in [0.25, 0.3) is 0 Å². The number of aromatic nitrogens is 2. The summed E-state index contributed by atoms with van der Waals surface area (Å²) in [7, 11) is 3.97. The van der Waals surface area contributed by atoms with Gasteiger partial charge in [-0.15, -0.1) is 0 Å². The third-order valence-corrected chi connectivity index (χ3v) is 6.15. The van der Waals surface area contributed by atoms with Gasteiger partial charge in [-0.25, -0.2) is 9.37 Å². The Kier molecular flexibility index (Phi) is 7.29. The maximum absolute atomic E-state index is 14.9. The molecule has 2 aliphatic rings. The number of benzene rings is 2. The second kappa shape index (κ2) is 10.9. The van der Waals surface area contributed by atoms with Crippen LogP contribution >= 0.6 is 0 Å². The average molecular weight is 491 g/mol. The quantitative estimate of drug-likeness (QED) is 0.502. The summed E-state index contributed by atoms with van der Waals surface area (Å²) >= 11 is 0. The Hall–Kier alpha value is -3.69. The monoisotopic (exact) mass is 490 g/mol. The third kappa shape index (κ3) is 5.58. The first-order valence-corrected chi connectivity index (χ1v) is 12.1. The highest BCUT2D eigenvalue weighted by molar-refractivity contribution is 5.76. The molecule has 36 heavy (non-hydrogen) atoms. The standard InChI is InChI=1S/C27H31FN6O2/c1-32(2)12-17-36-23-9-10-24(28)25(18-23)34-11-3-4-20-19-29-27(31-26(20)34)30-21-5-7-22(8-6-21)33-13-15-35-16-14-33/h3-10,18-19H,11-17H2,1-2H3,(H,29,30,31). The van der Waals surface area contributed by atoms with Crippen molar-refractivity contribution in [2.24, 2.45) is 0 Å². The summed E-state index contributed by atoms with van der Waals surface area (Å²) in [6.07, 6.45) is 5.69. The van der Waals surface area contributed by atoms with E-state index in [1.54, 1.807) is 18.3 Å². The van der Waals surface area contributed by atoms with Crippen molar-refractivity contribution in [3.8, 4) is 5.75 Å². The normalized spacial score (nSPS) is 15.2. The molecule has 1 saturated heterocycles. The van der Waals surface area contributed by atoms with Crippen LogP contribution in [-0.4, -0.2) is 75.0 Å². The summed E-state index contributed by atoms with van der Waals surface area (Å²) in [4.78, 5) is 15.4. The highest BCUT2D eigenvalue weighted by Gasteiger charge is 2.21. The van der Waals surface area contributed by atoms with Crippen LogP contribution in [0.5, 0.6) is 5.75 Å². The highest BCUT2D eigenvalue weighted by Crippen LogP contribution is 2.35. The van der Waals surface area contributed by atoms with Crippen LogP contribution in [0.25, 0.3) is 6.08 Å². The second-order valence-electron chi connectivity index (χ2n) is 9.02. The SMILES string of the molecule is CN(C)CCOc1ccc(F)c(N2CC=Cc3cnc(Nc4ccc(N5CCOCC5)cc4)nc32)c1. The molecule has 5 rings (SSSR count). The lowest BCUT2D eigenvalue weighted by atomic mass is 10.1. The fraction of sp³-hybridized carbons (Fsp3) is 0.333. The zero-order valence-corrected chi connectivity index (χ0v) is 20.7. The predicted molar refractivity (Wildman–Crippen MR) is 141 cm³/mol. The van der Waals surface area contributed by atoms with Gasteiger partial charge in [0.1, 0.15) is 24.0 Å². The summed E-state index contributed by atoms with van der Waals surface area (Å²) in [5, 5.41) is 3.28. The van der Waals surface area contributed by atoms with Crippen molar-refractivity contribution >= 4 is 34.9 Å². The molecule has 3 heterocycles. The molecule has 2 aromatic carbocycles. The number of halogens is 1. The number of anilines is 5. The van der Waals surface area contributed by atoms with Crippen LogP contribution in [0.4, 0.5) is 33.2 Å².